The van der Waals surface area contributed by atoms with Gasteiger partial charge < -0.3 is 18.9 Å². The van der Waals surface area contributed by atoms with E-state index in [1.165, 1.54) is 50.3 Å². The van der Waals surface area contributed by atoms with E-state index in [1.807, 2.05) is 47.0 Å². The summed E-state index contributed by atoms with van der Waals surface area (Å²) < 4.78 is 23.2. The fourth-order valence-electron chi connectivity index (χ4n) is 4.36. The van der Waals surface area contributed by atoms with E-state index in [2.05, 4.69) is 84.9 Å². The van der Waals surface area contributed by atoms with Gasteiger partial charge in [0.15, 0.2) is 0 Å². The third kappa shape index (κ3) is 7.12. The normalized spacial score (nSPS) is 13.3. The standard InChI is InChI=1S/C32H30O4S4/c1-3-11-27-25(9-1)37-29-13-5-7-23(31(29)39-27)21-35-19-17-33-15-16-34-18-20-36-22-24-8-6-14-30-32(24)40-28-12-4-2-10-26(28)38-30/h1-14H,15-22H2. The van der Waals surface area contributed by atoms with Gasteiger partial charge in [-0.1, -0.05) is 95.6 Å². The molecule has 0 aliphatic carbocycles. The molecule has 4 nitrogen and oxygen atoms in total. The van der Waals surface area contributed by atoms with Crippen LogP contribution >= 0.6 is 47.0 Å². The summed E-state index contributed by atoms with van der Waals surface area (Å²) in [6.45, 7) is 4.50. The minimum Gasteiger partial charge on any atom is -0.377 e. The predicted molar refractivity (Wildman–Crippen MR) is 163 cm³/mol. The van der Waals surface area contributed by atoms with Gasteiger partial charge in [0.25, 0.3) is 0 Å². The first-order valence-corrected chi connectivity index (χ1v) is 16.6. The van der Waals surface area contributed by atoms with Gasteiger partial charge in [0.05, 0.1) is 52.9 Å². The first-order valence-electron chi connectivity index (χ1n) is 13.3. The molecular weight excluding hydrogens is 577 g/mol. The Morgan fingerprint density at radius 2 is 0.700 bits per heavy atom. The lowest BCUT2D eigenvalue weighted by atomic mass is 10.2. The van der Waals surface area contributed by atoms with Crippen LogP contribution in [0.5, 0.6) is 0 Å². The molecule has 8 heteroatoms. The molecule has 4 aromatic carbocycles. The van der Waals surface area contributed by atoms with Crippen molar-refractivity contribution in [1.29, 1.82) is 0 Å². The predicted octanol–water partition coefficient (Wildman–Crippen LogP) is 8.68. The Kier molecular flexibility index (Phi) is 10.1. The molecule has 0 unspecified atom stereocenters. The molecule has 0 fully saturated rings. The molecule has 0 aromatic heterocycles. The first kappa shape index (κ1) is 28.2. The van der Waals surface area contributed by atoms with E-state index in [9.17, 15) is 0 Å². The zero-order chi connectivity index (χ0) is 27.0. The topological polar surface area (TPSA) is 36.9 Å². The molecule has 0 spiro atoms. The van der Waals surface area contributed by atoms with E-state index < -0.39 is 0 Å². The van der Waals surface area contributed by atoms with Crippen LogP contribution in [0, 0.1) is 0 Å². The van der Waals surface area contributed by atoms with Crippen LogP contribution in [-0.2, 0) is 32.2 Å². The Bertz CT molecular complexity index is 1340. The maximum absolute atomic E-state index is 5.92. The Hall–Kier alpha value is -1.88. The van der Waals surface area contributed by atoms with Gasteiger partial charge in [-0.25, -0.2) is 0 Å². The number of fused-ring (bicyclic) bond motifs is 4. The summed E-state index contributed by atoms with van der Waals surface area (Å²) in [5.74, 6) is 0. The molecule has 40 heavy (non-hydrogen) atoms. The highest BCUT2D eigenvalue weighted by molar-refractivity contribution is 8.05. The minimum absolute atomic E-state index is 0.548. The van der Waals surface area contributed by atoms with Crippen LogP contribution in [0.3, 0.4) is 0 Å². The summed E-state index contributed by atoms with van der Waals surface area (Å²) in [4.78, 5) is 10.5. The number of hydrogen-bond acceptors (Lipinski definition) is 8. The molecule has 206 valence electrons. The monoisotopic (exact) mass is 606 g/mol. The highest BCUT2D eigenvalue weighted by atomic mass is 32.2. The van der Waals surface area contributed by atoms with Crippen LogP contribution < -0.4 is 0 Å². The van der Waals surface area contributed by atoms with E-state index in [4.69, 9.17) is 18.9 Å². The second-order valence-electron chi connectivity index (χ2n) is 9.12. The zero-order valence-corrected chi connectivity index (χ0v) is 25.3. The van der Waals surface area contributed by atoms with Crippen LogP contribution in [0.25, 0.3) is 0 Å². The van der Waals surface area contributed by atoms with E-state index in [1.54, 1.807) is 0 Å². The Labute approximate surface area is 252 Å². The molecule has 0 radical (unpaired) electrons. The average Bonchev–Trinajstić information content (AvgIpc) is 2.99. The molecule has 0 amide bonds. The number of benzene rings is 4. The SMILES string of the molecule is c1ccc2c(c1)Sc1cccc(COCCOCCOCCOCc3cccc4c3Sc3ccccc3S4)c1S2. The summed E-state index contributed by atoms with van der Waals surface area (Å²) in [5, 5.41) is 0. The van der Waals surface area contributed by atoms with Crippen LogP contribution in [-0.4, -0.2) is 39.6 Å². The van der Waals surface area contributed by atoms with Gasteiger partial charge in [-0.05, 0) is 47.5 Å². The van der Waals surface area contributed by atoms with Crippen LogP contribution in [0.2, 0.25) is 0 Å². The van der Waals surface area contributed by atoms with Crippen molar-refractivity contribution in [3.05, 3.63) is 96.1 Å². The molecule has 0 N–H and O–H groups in total. The molecule has 0 atom stereocenters. The fraction of sp³-hybridized carbons (Fsp3) is 0.250. The summed E-state index contributed by atoms with van der Waals surface area (Å²) in [6.07, 6.45) is 0. The minimum atomic E-state index is 0.548. The molecule has 2 aliphatic heterocycles. The molecule has 0 saturated carbocycles. The van der Waals surface area contributed by atoms with Crippen molar-refractivity contribution >= 4 is 47.0 Å². The van der Waals surface area contributed by atoms with Gasteiger partial charge >= 0.3 is 0 Å². The highest BCUT2D eigenvalue weighted by Crippen LogP contribution is 2.50. The quantitative estimate of drug-likeness (QED) is 0.121. The van der Waals surface area contributed by atoms with Gasteiger partial charge in [0, 0.05) is 39.2 Å². The van der Waals surface area contributed by atoms with Gasteiger partial charge in [-0.3, -0.25) is 0 Å². The van der Waals surface area contributed by atoms with Crippen molar-refractivity contribution in [2.45, 2.75) is 52.4 Å². The molecule has 4 aromatic rings. The summed E-state index contributed by atoms with van der Waals surface area (Å²) >= 11 is 7.33. The van der Waals surface area contributed by atoms with E-state index in [-0.39, 0.29) is 0 Å². The first-order chi connectivity index (χ1) is 19.8. The molecule has 0 saturated heterocycles. The van der Waals surface area contributed by atoms with E-state index >= 15 is 0 Å². The van der Waals surface area contributed by atoms with Crippen molar-refractivity contribution in [1.82, 2.24) is 0 Å². The van der Waals surface area contributed by atoms with Crippen LogP contribution in [0.1, 0.15) is 11.1 Å². The fourth-order valence-corrected chi connectivity index (χ4v) is 9.13. The lowest BCUT2D eigenvalue weighted by molar-refractivity contribution is -0.00659. The highest BCUT2D eigenvalue weighted by Gasteiger charge is 2.20. The third-order valence-corrected chi connectivity index (χ3v) is 11.6. The molecule has 6 rings (SSSR count). The van der Waals surface area contributed by atoms with Crippen molar-refractivity contribution in [3.63, 3.8) is 0 Å². The Morgan fingerprint density at radius 1 is 0.350 bits per heavy atom. The number of hydrogen-bond donors (Lipinski definition) is 0. The van der Waals surface area contributed by atoms with Crippen LogP contribution in [0.15, 0.2) is 124 Å². The van der Waals surface area contributed by atoms with Crippen molar-refractivity contribution in [2.75, 3.05) is 39.6 Å². The van der Waals surface area contributed by atoms with Crippen molar-refractivity contribution in [3.8, 4) is 0 Å². The third-order valence-electron chi connectivity index (χ3n) is 6.31. The maximum Gasteiger partial charge on any atom is 0.0729 e. The van der Waals surface area contributed by atoms with Gasteiger partial charge in [0.2, 0.25) is 0 Å². The maximum atomic E-state index is 5.92. The molecular formula is C32H30O4S4. The smallest absolute Gasteiger partial charge is 0.0729 e. The Balaban J connectivity index is 0.827. The molecule has 2 heterocycles. The Morgan fingerprint density at radius 3 is 1.12 bits per heavy atom. The van der Waals surface area contributed by atoms with Crippen molar-refractivity contribution < 1.29 is 18.9 Å². The zero-order valence-electron chi connectivity index (χ0n) is 22.0. The van der Waals surface area contributed by atoms with E-state index in [0.717, 1.165) is 0 Å². The molecule has 0 bridgehead atoms. The second kappa shape index (κ2) is 14.3. The second-order valence-corrected chi connectivity index (χ2v) is 13.4. The largest absolute Gasteiger partial charge is 0.377 e. The summed E-state index contributed by atoms with van der Waals surface area (Å²) in [6, 6.07) is 30.0. The van der Waals surface area contributed by atoms with Gasteiger partial charge in [0.1, 0.15) is 0 Å². The lowest BCUT2D eigenvalue weighted by Gasteiger charge is -2.20. The molecule has 2 aliphatic rings. The van der Waals surface area contributed by atoms with Crippen molar-refractivity contribution in [2.24, 2.45) is 0 Å². The van der Waals surface area contributed by atoms with E-state index in [0.29, 0.717) is 52.9 Å². The summed E-state index contributed by atoms with van der Waals surface area (Å²) in [7, 11) is 0. The number of ether oxygens (including phenoxy) is 4. The van der Waals surface area contributed by atoms with Crippen LogP contribution in [0.4, 0.5) is 0 Å². The number of rotatable bonds is 13. The average molecular weight is 607 g/mol. The summed E-state index contributed by atoms with van der Waals surface area (Å²) in [5.41, 5.74) is 2.46. The lowest BCUT2D eigenvalue weighted by Crippen LogP contribution is -2.12. The van der Waals surface area contributed by atoms with Gasteiger partial charge in [-0.2, -0.15) is 0 Å². The van der Waals surface area contributed by atoms with Gasteiger partial charge in [-0.15, -0.1) is 0 Å².